The number of ether oxygens (including phenoxy) is 1. The van der Waals surface area contributed by atoms with Crippen LogP contribution in [0.1, 0.15) is 65.7 Å². The number of nitrogens with one attached hydrogen (secondary N) is 1. The normalized spacial score (nSPS) is 24.9. The standard InChI is InChI=1S/C17H28N2O4/c1-11(2)19-15(20)10-14(17(19)22)18-16(21)12(3)23-13-8-6-4-5-7-9-13/h11-14H,4-10H2,1-3H3,(H,18,21)/t12-,14-/m1/s1. The third-order valence-electron chi connectivity index (χ3n) is 4.58. The van der Waals surface area contributed by atoms with Crippen molar-refractivity contribution in [3.63, 3.8) is 0 Å². The first-order valence-electron chi connectivity index (χ1n) is 8.72. The molecule has 2 fully saturated rings. The Morgan fingerprint density at radius 2 is 1.74 bits per heavy atom. The summed E-state index contributed by atoms with van der Waals surface area (Å²) in [7, 11) is 0. The van der Waals surface area contributed by atoms with Gasteiger partial charge in [0.1, 0.15) is 12.1 Å². The van der Waals surface area contributed by atoms with E-state index in [9.17, 15) is 14.4 Å². The maximum Gasteiger partial charge on any atom is 0.252 e. The van der Waals surface area contributed by atoms with Crippen molar-refractivity contribution in [1.29, 1.82) is 0 Å². The lowest BCUT2D eigenvalue weighted by Gasteiger charge is -2.22. The molecule has 1 saturated heterocycles. The fourth-order valence-electron chi connectivity index (χ4n) is 3.32. The van der Waals surface area contributed by atoms with Crippen molar-refractivity contribution in [2.24, 2.45) is 0 Å². The quantitative estimate of drug-likeness (QED) is 0.618. The lowest BCUT2D eigenvalue weighted by atomic mass is 10.1. The van der Waals surface area contributed by atoms with Crippen LogP contribution >= 0.6 is 0 Å². The zero-order valence-corrected chi connectivity index (χ0v) is 14.3. The molecule has 0 unspecified atom stereocenters. The van der Waals surface area contributed by atoms with E-state index in [1.165, 1.54) is 17.7 Å². The molecule has 0 radical (unpaired) electrons. The van der Waals surface area contributed by atoms with Crippen molar-refractivity contribution >= 4 is 17.7 Å². The molecule has 1 heterocycles. The first kappa shape index (κ1) is 17.9. The number of hydrogen-bond acceptors (Lipinski definition) is 4. The Morgan fingerprint density at radius 1 is 1.13 bits per heavy atom. The van der Waals surface area contributed by atoms with Gasteiger partial charge in [0.25, 0.3) is 5.91 Å². The van der Waals surface area contributed by atoms with Crippen LogP contribution in [0.4, 0.5) is 0 Å². The van der Waals surface area contributed by atoms with Crippen LogP contribution < -0.4 is 5.32 Å². The van der Waals surface area contributed by atoms with Crippen LogP contribution in [0.5, 0.6) is 0 Å². The van der Waals surface area contributed by atoms with Crippen molar-refractivity contribution in [3.05, 3.63) is 0 Å². The Hall–Kier alpha value is -1.43. The summed E-state index contributed by atoms with van der Waals surface area (Å²) in [4.78, 5) is 37.6. The van der Waals surface area contributed by atoms with Gasteiger partial charge in [-0.2, -0.15) is 0 Å². The number of likely N-dealkylation sites (tertiary alicyclic amines) is 1. The highest BCUT2D eigenvalue weighted by Crippen LogP contribution is 2.21. The zero-order valence-electron chi connectivity index (χ0n) is 14.3. The molecule has 2 aliphatic rings. The highest BCUT2D eigenvalue weighted by atomic mass is 16.5. The molecule has 130 valence electrons. The molecular formula is C17H28N2O4. The second-order valence-corrected chi connectivity index (χ2v) is 6.85. The van der Waals surface area contributed by atoms with Crippen LogP contribution in [0.2, 0.25) is 0 Å². The summed E-state index contributed by atoms with van der Waals surface area (Å²) >= 11 is 0. The predicted molar refractivity (Wildman–Crippen MR) is 85.6 cm³/mol. The summed E-state index contributed by atoms with van der Waals surface area (Å²) in [6, 6.07) is -0.936. The van der Waals surface area contributed by atoms with E-state index < -0.39 is 12.1 Å². The molecule has 0 aromatic heterocycles. The molecule has 2 rings (SSSR count). The average molecular weight is 324 g/mol. The Bertz CT molecular complexity index is 456. The van der Waals surface area contributed by atoms with Crippen LogP contribution in [-0.4, -0.2) is 46.9 Å². The summed E-state index contributed by atoms with van der Waals surface area (Å²) in [5.74, 6) is -0.862. The minimum absolute atomic E-state index is 0.0406. The molecule has 1 aliphatic heterocycles. The molecule has 0 aromatic carbocycles. The fraction of sp³-hybridized carbons (Fsp3) is 0.824. The van der Waals surface area contributed by atoms with Crippen LogP contribution in [-0.2, 0) is 19.1 Å². The van der Waals surface area contributed by atoms with E-state index in [0.29, 0.717) is 0 Å². The highest BCUT2D eigenvalue weighted by molar-refractivity contribution is 6.07. The number of hydrogen-bond donors (Lipinski definition) is 1. The van der Waals surface area contributed by atoms with Gasteiger partial charge in [-0.25, -0.2) is 0 Å². The monoisotopic (exact) mass is 324 g/mol. The van der Waals surface area contributed by atoms with Gasteiger partial charge in [0.2, 0.25) is 11.8 Å². The highest BCUT2D eigenvalue weighted by Gasteiger charge is 2.41. The number of rotatable bonds is 5. The largest absolute Gasteiger partial charge is 0.365 e. The summed E-state index contributed by atoms with van der Waals surface area (Å²) in [6.45, 7) is 5.29. The van der Waals surface area contributed by atoms with Gasteiger partial charge in [0.05, 0.1) is 12.5 Å². The lowest BCUT2D eigenvalue weighted by molar-refractivity contribution is -0.143. The summed E-state index contributed by atoms with van der Waals surface area (Å²) in [5, 5.41) is 2.67. The smallest absolute Gasteiger partial charge is 0.252 e. The molecule has 23 heavy (non-hydrogen) atoms. The number of amides is 3. The van der Waals surface area contributed by atoms with E-state index in [1.807, 2.05) is 0 Å². The van der Waals surface area contributed by atoms with Gasteiger partial charge in [0, 0.05) is 6.04 Å². The van der Waals surface area contributed by atoms with E-state index in [-0.39, 0.29) is 36.3 Å². The molecular weight excluding hydrogens is 296 g/mol. The number of carbonyl (C=O) groups is 3. The van der Waals surface area contributed by atoms with Crippen LogP contribution in [0, 0.1) is 0 Å². The minimum Gasteiger partial charge on any atom is -0.365 e. The SMILES string of the molecule is CC(C)N1C(=O)C[C@@H](NC(=O)[C@@H](C)OC2CCCCCC2)C1=O. The van der Waals surface area contributed by atoms with Crippen molar-refractivity contribution in [3.8, 4) is 0 Å². The average Bonchev–Trinajstić information content (AvgIpc) is 2.67. The van der Waals surface area contributed by atoms with E-state index in [4.69, 9.17) is 4.74 Å². The third kappa shape index (κ3) is 4.53. The van der Waals surface area contributed by atoms with Gasteiger partial charge >= 0.3 is 0 Å². The molecule has 2 atom stereocenters. The molecule has 0 bridgehead atoms. The first-order valence-corrected chi connectivity index (χ1v) is 8.72. The zero-order chi connectivity index (χ0) is 17.0. The second kappa shape index (κ2) is 7.90. The Balaban J connectivity index is 1.86. The van der Waals surface area contributed by atoms with Gasteiger partial charge in [-0.1, -0.05) is 25.7 Å². The van der Waals surface area contributed by atoms with Crippen LogP contribution in [0.15, 0.2) is 0 Å². The first-order chi connectivity index (χ1) is 10.9. The minimum atomic E-state index is -0.752. The third-order valence-corrected chi connectivity index (χ3v) is 4.58. The second-order valence-electron chi connectivity index (χ2n) is 6.85. The predicted octanol–water partition coefficient (Wildman–Crippen LogP) is 1.77. The van der Waals surface area contributed by atoms with E-state index in [0.717, 1.165) is 25.7 Å². The number of imide groups is 1. The van der Waals surface area contributed by atoms with E-state index >= 15 is 0 Å². The summed E-state index contributed by atoms with van der Waals surface area (Å²) in [5.41, 5.74) is 0. The van der Waals surface area contributed by atoms with E-state index in [2.05, 4.69) is 5.32 Å². The maximum atomic E-state index is 12.3. The Morgan fingerprint density at radius 3 is 2.26 bits per heavy atom. The topological polar surface area (TPSA) is 75.7 Å². The van der Waals surface area contributed by atoms with Gasteiger partial charge in [-0.3, -0.25) is 19.3 Å². The van der Waals surface area contributed by atoms with Crippen molar-refractivity contribution in [2.75, 3.05) is 0 Å². The fourth-order valence-corrected chi connectivity index (χ4v) is 3.32. The van der Waals surface area contributed by atoms with Gasteiger partial charge in [0.15, 0.2) is 0 Å². The molecule has 6 nitrogen and oxygen atoms in total. The molecule has 1 aliphatic carbocycles. The van der Waals surface area contributed by atoms with Crippen molar-refractivity contribution in [1.82, 2.24) is 10.2 Å². The molecule has 1 saturated carbocycles. The van der Waals surface area contributed by atoms with Gasteiger partial charge < -0.3 is 10.1 Å². The lowest BCUT2D eigenvalue weighted by Crippen LogP contribution is -2.47. The molecule has 1 N–H and O–H groups in total. The molecule has 3 amide bonds. The number of carbonyl (C=O) groups excluding carboxylic acids is 3. The molecule has 6 heteroatoms. The number of nitrogens with zero attached hydrogens (tertiary/aromatic N) is 1. The maximum absolute atomic E-state index is 12.3. The van der Waals surface area contributed by atoms with Gasteiger partial charge in [-0.05, 0) is 33.6 Å². The Kier molecular flexibility index (Phi) is 6.16. The van der Waals surface area contributed by atoms with Crippen molar-refractivity contribution < 1.29 is 19.1 Å². The summed E-state index contributed by atoms with van der Waals surface area (Å²) < 4.78 is 5.86. The van der Waals surface area contributed by atoms with Crippen LogP contribution in [0.25, 0.3) is 0 Å². The van der Waals surface area contributed by atoms with Gasteiger partial charge in [-0.15, -0.1) is 0 Å². The Labute approximate surface area is 137 Å². The summed E-state index contributed by atoms with van der Waals surface area (Å²) in [6.07, 6.45) is 6.25. The molecule has 0 spiro atoms. The molecule has 0 aromatic rings. The van der Waals surface area contributed by atoms with Crippen LogP contribution in [0.3, 0.4) is 0 Å². The van der Waals surface area contributed by atoms with E-state index in [1.54, 1.807) is 20.8 Å². The van der Waals surface area contributed by atoms with Crippen molar-refractivity contribution in [2.45, 2.75) is 90.0 Å².